The molecule has 1 unspecified atom stereocenters. The maximum atomic E-state index is 12.8. The number of anilines is 1. The first kappa shape index (κ1) is 21.5. The first-order chi connectivity index (χ1) is 13.3. The number of hydrogen-bond donors (Lipinski definition) is 0. The van der Waals surface area contributed by atoms with Crippen LogP contribution in [0.3, 0.4) is 0 Å². The fourth-order valence-electron chi connectivity index (χ4n) is 3.31. The molecule has 0 fully saturated rings. The van der Waals surface area contributed by atoms with Crippen LogP contribution in [0.15, 0.2) is 35.5 Å². The number of allylic oxidation sites excluding steroid dienone is 1. The van der Waals surface area contributed by atoms with Gasteiger partial charge in [-0.2, -0.15) is 0 Å². The highest BCUT2D eigenvalue weighted by Crippen LogP contribution is 2.40. The van der Waals surface area contributed by atoms with Crippen LogP contribution in [0, 0.1) is 5.41 Å². The summed E-state index contributed by atoms with van der Waals surface area (Å²) >= 11 is 0. The number of nitrogens with zero attached hydrogens (tertiary/aromatic N) is 1. The number of Topliss-reactive ketones (excluding diaryl/α,β-unsaturated/α-hetero) is 1. The van der Waals surface area contributed by atoms with Crippen LogP contribution in [0.1, 0.15) is 34.1 Å². The average Bonchev–Trinajstić information content (AvgIpc) is 2.68. The number of benzene rings is 1. The van der Waals surface area contributed by atoms with E-state index in [1.54, 1.807) is 44.9 Å². The van der Waals surface area contributed by atoms with E-state index in [2.05, 4.69) is 0 Å². The summed E-state index contributed by atoms with van der Waals surface area (Å²) in [6.07, 6.45) is -0.0432. The average molecular weight is 389 g/mol. The lowest BCUT2D eigenvalue weighted by atomic mass is 9.74. The van der Waals surface area contributed by atoms with Crippen molar-refractivity contribution in [1.29, 1.82) is 0 Å². The van der Waals surface area contributed by atoms with Gasteiger partial charge in [0, 0.05) is 24.4 Å². The molecule has 28 heavy (non-hydrogen) atoms. The highest BCUT2D eigenvalue weighted by atomic mass is 16.5. The van der Waals surface area contributed by atoms with Gasteiger partial charge in [0.25, 0.3) is 0 Å². The molecule has 1 atom stereocenters. The van der Waals surface area contributed by atoms with Crippen molar-refractivity contribution in [2.45, 2.75) is 34.1 Å². The standard InChI is InChI=1S/C21H27NO6/c1-6-27-19(24)18-12-21(15(4)23,20(25)28-7-2)13-22(14(18)3)16-8-10-17(26-5)11-9-16/h8-11H,6-7,12-13H2,1-5H3. The van der Waals surface area contributed by atoms with Gasteiger partial charge in [0.2, 0.25) is 0 Å². The first-order valence-electron chi connectivity index (χ1n) is 9.27. The van der Waals surface area contributed by atoms with E-state index in [1.807, 2.05) is 12.1 Å². The Morgan fingerprint density at radius 1 is 1.07 bits per heavy atom. The van der Waals surface area contributed by atoms with Crippen LogP contribution in [-0.2, 0) is 23.9 Å². The van der Waals surface area contributed by atoms with E-state index >= 15 is 0 Å². The summed E-state index contributed by atoms with van der Waals surface area (Å²) in [5.74, 6) is -0.835. The summed E-state index contributed by atoms with van der Waals surface area (Å²) < 4.78 is 15.6. The number of hydrogen-bond acceptors (Lipinski definition) is 7. The van der Waals surface area contributed by atoms with Crippen molar-refractivity contribution < 1.29 is 28.6 Å². The SMILES string of the molecule is CCOC(=O)C1=C(C)N(c2ccc(OC)cc2)CC(C(C)=O)(C(=O)OCC)C1. The summed E-state index contributed by atoms with van der Waals surface area (Å²) in [7, 11) is 1.57. The van der Waals surface area contributed by atoms with Crippen LogP contribution in [0.25, 0.3) is 0 Å². The maximum absolute atomic E-state index is 12.8. The number of carbonyl (C=O) groups excluding carboxylic acids is 3. The monoisotopic (exact) mass is 389 g/mol. The van der Waals surface area contributed by atoms with Gasteiger partial charge in [-0.15, -0.1) is 0 Å². The van der Waals surface area contributed by atoms with Crippen molar-refractivity contribution in [2.75, 3.05) is 31.8 Å². The minimum atomic E-state index is -1.47. The molecule has 0 aromatic heterocycles. The molecule has 1 heterocycles. The zero-order valence-electron chi connectivity index (χ0n) is 17.0. The van der Waals surface area contributed by atoms with Gasteiger partial charge in [-0.1, -0.05) is 0 Å². The van der Waals surface area contributed by atoms with Crippen LogP contribution >= 0.6 is 0 Å². The second-order valence-corrected chi connectivity index (χ2v) is 6.60. The van der Waals surface area contributed by atoms with Gasteiger partial charge in [-0.05, 0) is 52.0 Å². The van der Waals surface area contributed by atoms with Crippen molar-refractivity contribution >= 4 is 23.4 Å². The topological polar surface area (TPSA) is 82.1 Å². The molecular weight excluding hydrogens is 362 g/mol. The zero-order chi connectivity index (χ0) is 20.9. The summed E-state index contributed by atoms with van der Waals surface area (Å²) in [4.78, 5) is 39.8. The second-order valence-electron chi connectivity index (χ2n) is 6.60. The lowest BCUT2D eigenvalue weighted by molar-refractivity contribution is -0.159. The molecule has 0 N–H and O–H groups in total. The predicted molar refractivity (Wildman–Crippen MR) is 104 cm³/mol. The van der Waals surface area contributed by atoms with Gasteiger partial charge < -0.3 is 19.1 Å². The Hall–Kier alpha value is -2.83. The molecule has 1 aromatic rings. The molecule has 0 saturated carbocycles. The lowest BCUT2D eigenvalue weighted by Crippen LogP contribution is -2.52. The quantitative estimate of drug-likeness (QED) is 0.524. The fraction of sp³-hybridized carbons (Fsp3) is 0.476. The molecule has 0 saturated heterocycles. The fourth-order valence-corrected chi connectivity index (χ4v) is 3.31. The highest BCUT2D eigenvalue weighted by molar-refractivity contribution is 6.06. The largest absolute Gasteiger partial charge is 0.497 e. The van der Waals surface area contributed by atoms with Gasteiger partial charge in [0.15, 0.2) is 0 Å². The molecule has 7 nitrogen and oxygen atoms in total. The van der Waals surface area contributed by atoms with Crippen LogP contribution in [-0.4, -0.2) is 44.6 Å². The van der Waals surface area contributed by atoms with Crippen LogP contribution < -0.4 is 9.64 Å². The van der Waals surface area contributed by atoms with E-state index in [0.717, 1.165) is 5.69 Å². The Bertz CT molecular complexity index is 783. The summed E-state index contributed by atoms with van der Waals surface area (Å²) in [5.41, 5.74) is 0.198. The first-order valence-corrected chi connectivity index (χ1v) is 9.27. The number of carbonyl (C=O) groups is 3. The Morgan fingerprint density at radius 2 is 1.68 bits per heavy atom. The van der Waals surface area contributed by atoms with E-state index in [1.165, 1.54) is 6.92 Å². The third-order valence-electron chi connectivity index (χ3n) is 4.99. The highest BCUT2D eigenvalue weighted by Gasteiger charge is 2.51. The van der Waals surface area contributed by atoms with Gasteiger partial charge >= 0.3 is 11.9 Å². The molecule has 0 bridgehead atoms. The normalized spacial score (nSPS) is 19.2. The minimum absolute atomic E-state index is 0.0432. The zero-order valence-corrected chi connectivity index (χ0v) is 17.0. The Balaban J connectivity index is 2.60. The van der Waals surface area contributed by atoms with Crippen molar-refractivity contribution in [1.82, 2.24) is 0 Å². The number of esters is 2. The molecular formula is C21H27NO6. The Labute approximate surface area is 165 Å². The van der Waals surface area contributed by atoms with Crippen LogP contribution in [0.2, 0.25) is 0 Å². The van der Waals surface area contributed by atoms with Crippen molar-refractivity contribution in [3.63, 3.8) is 0 Å². The number of ether oxygens (including phenoxy) is 3. The molecule has 152 valence electrons. The van der Waals surface area contributed by atoms with Crippen molar-refractivity contribution in [3.8, 4) is 5.75 Å². The van der Waals surface area contributed by atoms with Crippen molar-refractivity contribution in [3.05, 3.63) is 35.5 Å². The van der Waals surface area contributed by atoms with E-state index in [-0.39, 0.29) is 32.0 Å². The molecule has 7 heteroatoms. The molecule has 1 aromatic carbocycles. The molecule has 0 aliphatic carbocycles. The minimum Gasteiger partial charge on any atom is -0.497 e. The molecule has 1 aliphatic rings. The van der Waals surface area contributed by atoms with E-state index < -0.39 is 17.4 Å². The summed E-state index contributed by atoms with van der Waals surface area (Å²) in [6.45, 7) is 6.96. The molecule has 0 spiro atoms. The Kier molecular flexibility index (Phi) is 6.83. The van der Waals surface area contributed by atoms with Gasteiger partial charge in [0.05, 0.1) is 25.9 Å². The van der Waals surface area contributed by atoms with Crippen molar-refractivity contribution in [2.24, 2.45) is 5.41 Å². The third-order valence-corrected chi connectivity index (χ3v) is 4.99. The molecule has 0 amide bonds. The molecule has 1 aliphatic heterocycles. The second kappa shape index (κ2) is 8.91. The van der Waals surface area contributed by atoms with Gasteiger partial charge in [-0.3, -0.25) is 9.59 Å². The number of methoxy groups -OCH3 is 1. The lowest BCUT2D eigenvalue weighted by Gasteiger charge is -2.41. The van der Waals surface area contributed by atoms with Gasteiger partial charge in [-0.25, -0.2) is 4.79 Å². The predicted octanol–water partition coefficient (Wildman–Crippen LogP) is 2.88. The van der Waals surface area contributed by atoms with Gasteiger partial charge in [0.1, 0.15) is 16.9 Å². The van der Waals surface area contributed by atoms with E-state index in [9.17, 15) is 14.4 Å². The van der Waals surface area contributed by atoms with Crippen LogP contribution in [0.4, 0.5) is 5.69 Å². The molecule has 2 rings (SSSR count). The van der Waals surface area contributed by atoms with E-state index in [4.69, 9.17) is 14.2 Å². The maximum Gasteiger partial charge on any atom is 0.335 e. The van der Waals surface area contributed by atoms with Crippen LogP contribution in [0.5, 0.6) is 5.75 Å². The summed E-state index contributed by atoms with van der Waals surface area (Å²) in [6, 6.07) is 7.18. The van der Waals surface area contributed by atoms with E-state index in [0.29, 0.717) is 17.0 Å². The number of ketones is 1. The Morgan fingerprint density at radius 3 is 2.18 bits per heavy atom. The summed E-state index contributed by atoms with van der Waals surface area (Å²) in [5, 5.41) is 0. The smallest absolute Gasteiger partial charge is 0.335 e. The number of rotatable bonds is 7. The third kappa shape index (κ3) is 4.03. The molecule has 0 radical (unpaired) electrons.